The van der Waals surface area contributed by atoms with Gasteiger partial charge in [-0.1, -0.05) is 66.2 Å². The Balaban J connectivity index is 1.68. The van der Waals surface area contributed by atoms with Crippen LogP contribution in [0.2, 0.25) is 0 Å². The van der Waals surface area contributed by atoms with E-state index in [0.29, 0.717) is 5.69 Å². The molecule has 0 saturated carbocycles. The third-order valence-electron chi connectivity index (χ3n) is 8.34. The van der Waals surface area contributed by atoms with Crippen LogP contribution in [0.4, 0.5) is 5.69 Å². The van der Waals surface area contributed by atoms with Crippen LogP contribution < -0.4 is 4.90 Å². The van der Waals surface area contributed by atoms with E-state index in [9.17, 15) is 9.59 Å². The summed E-state index contributed by atoms with van der Waals surface area (Å²) in [5.41, 5.74) is 6.90. The Bertz CT molecular complexity index is 1320. The zero-order valence-corrected chi connectivity index (χ0v) is 20.7. The van der Waals surface area contributed by atoms with Crippen LogP contribution >= 0.6 is 0 Å². The van der Waals surface area contributed by atoms with E-state index < -0.39 is 23.5 Å². The molecule has 2 bridgehead atoms. The highest BCUT2D eigenvalue weighted by Gasteiger charge is 2.71. The summed E-state index contributed by atoms with van der Waals surface area (Å²) in [5.74, 6) is -1.67. The Morgan fingerprint density at radius 2 is 1.31 bits per heavy atom. The molecule has 0 radical (unpaired) electrons. The highest BCUT2D eigenvalue weighted by molar-refractivity contribution is 6.24. The molecule has 5 heteroatoms. The molecule has 3 aliphatic carbocycles. The molecule has 1 heterocycles. The zero-order valence-electron chi connectivity index (χ0n) is 20.7. The number of hydrogen-bond donors (Lipinski definition) is 0. The van der Waals surface area contributed by atoms with Crippen molar-refractivity contribution in [3.63, 3.8) is 0 Å². The van der Waals surface area contributed by atoms with Crippen molar-refractivity contribution in [2.24, 2.45) is 11.8 Å². The van der Waals surface area contributed by atoms with Crippen molar-refractivity contribution < 1.29 is 19.1 Å². The second kappa shape index (κ2) is 7.61. The number of carbonyl (C=O) groups excluding carboxylic acids is 2. The predicted molar refractivity (Wildman–Crippen MR) is 133 cm³/mol. The highest BCUT2D eigenvalue weighted by Crippen LogP contribution is 2.66. The summed E-state index contributed by atoms with van der Waals surface area (Å²) < 4.78 is 11.9. The number of carbonyl (C=O) groups is 2. The summed E-state index contributed by atoms with van der Waals surface area (Å²) in [6, 6.07) is 20.4. The van der Waals surface area contributed by atoms with Crippen LogP contribution in [0.15, 0.2) is 60.7 Å². The molecule has 1 saturated heterocycles. The minimum absolute atomic E-state index is 0.139. The van der Waals surface area contributed by atoms with Crippen molar-refractivity contribution in [1.82, 2.24) is 0 Å². The third-order valence-corrected chi connectivity index (χ3v) is 8.34. The molecular weight excluding hydrogens is 438 g/mol. The van der Waals surface area contributed by atoms with Gasteiger partial charge in [-0.15, -0.1) is 0 Å². The number of hydrogen-bond acceptors (Lipinski definition) is 4. The van der Waals surface area contributed by atoms with Crippen LogP contribution in [0.25, 0.3) is 0 Å². The molecule has 0 unspecified atom stereocenters. The van der Waals surface area contributed by atoms with Crippen LogP contribution in [0.1, 0.15) is 44.9 Å². The minimum Gasteiger partial charge on any atom is -0.355 e. The van der Waals surface area contributed by atoms with Gasteiger partial charge in [-0.3, -0.25) is 9.59 Å². The number of benzene rings is 3. The van der Waals surface area contributed by atoms with E-state index in [1.54, 1.807) is 14.2 Å². The molecule has 2 amide bonds. The van der Waals surface area contributed by atoms with Crippen molar-refractivity contribution in [2.75, 3.05) is 19.1 Å². The second-order valence-electron chi connectivity index (χ2n) is 10.1. The fourth-order valence-electron chi connectivity index (χ4n) is 7.44. The lowest BCUT2D eigenvalue weighted by molar-refractivity contribution is -0.168. The normalized spacial score (nSPS) is 26.2. The first-order chi connectivity index (χ1) is 16.9. The van der Waals surface area contributed by atoms with Crippen LogP contribution in [0.3, 0.4) is 0 Å². The van der Waals surface area contributed by atoms with Gasteiger partial charge in [-0.25, -0.2) is 4.90 Å². The number of amides is 2. The fourth-order valence-corrected chi connectivity index (χ4v) is 7.44. The van der Waals surface area contributed by atoms with E-state index in [0.717, 1.165) is 38.9 Å². The van der Waals surface area contributed by atoms with Crippen LogP contribution in [-0.2, 0) is 24.5 Å². The summed E-state index contributed by atoms with van der Waals surface area (Å²) in [7, 11) is 3.22. The molecule has 3 aromatic carbocycles. The number of aryl methyl sites for hydroxylation is 3. The van der Waals surface area contributed by atoms with E-state index >= 15 is 0 Å². The molecule has 0 spiro atoms. The van der Waals surface area contributed by atoms with Gasteiger partial charge in [-0.2, -0.15) is 0 Å². The molecule has 1 aliphatic heterocycles. The Hall–Kier alpha value is -3.28. The molecule has 5 nitrogen and oxygen atoms in total. The van der Waals surface area contributed by atoms with E-state index in [4.69, 9.17) is 9.47 Å². The average molecular weight is 468 g/mol. The van der Waals surface area contributed by atoms with Gasteiger partial charge in [0, 0.05) is 20.1 Å². The van der Waals surface area contributed by atoms with Gasteiger partial charge in [0.1, 0.15) is 0 Å². The molecule has 0 N–H and O–H groups in total. The Morgan fingerprint density at radius 1 is 0.800 bits per heavy atom. The van der Waals surface area contributed by atoms with E-state index in [-0.39, 0.29) is 17.7 Å². The number of nitrogens with zero attached hydrogens (tertiary/aromatic N) is 1. The first kappa shape index (κ1) is 22.2. The molecule has 7 rings (SSSR count). The Kier molecular flexibility index (Phi) is 4.83. The standard InChI is InChI=1S/C30H29NO4/c1-16-14-17(2)26(18(3)15-16)31-27(32)24-23-19-10-6-8-12-21(19)30(25(24)28(31)33,29(34-4)35-5)22-13-9-7-11-20(22)23/h6-15,23-25,29H,1-5H3/t23?,24-,25-,30?/m0/s1. The summed E-state index contributed by atoms with van der Waals surface area (Å²) >= 11 is 0. The van der Waals surface area contributed by atoms with Gasteiger partial charge in [0.2, 0.25) is 11.8 Å². The lowest BCUT2D eigenvalue weighted by Crippen LogP contribution is -2.60. The maximum atomic E-state index is 14.5. The number of imide groups is 1. The fraction of sp³-hybridized carbons (Fsp3) is 0.333. The second-order valence-corrected chi connectivity index (χ2v) is 10.1. The smallest absolute Gasteiger partial charge is 0.239 e. The molecule has 0 aromatic heterocycles. The third kappa shape index (κ3) is 2.60. The minimum atomic E-state index is -0.940. The van der Waals surface area contributed by atoms with E-state index in [1.807, 2.05) is 57.2 Å². The molecule has 35 heavy (non-hydrogen) atoms. The summed E-state index contributed by atoms with van der Waals surface area (Å²) in [6.07, 6.45) is -0.740. The maximum absolute atomic E-state index is 14.5. The van der Waals surface area contributed by atoms with Gasteiger partial charge < -0.3 is 9.47 Å². The largest absolute Gasteiger partial charge is 0.355 e. The highest BCUT2D eigenvalue weighted by atomic mass is 16.7. The van der Waals surface area contributed by atoms with Gasteiger partial charge in [-0.05, 0) is 54.2 Å². The van der Waals surface area contributed by atoms with Gasteiger partial charge in [0.05, 0.1) is 22.9 Å². The lowest BCUT2D eigenvalue weighted by atomic mass is 9.47. The van der Waals surface area contributed by atoms with Gasteiger partial charge in [0.25, 0.3) is 0 Å². The number of anilines is 1. The quantitative estimate of drug-likeness (QED) is 0.409. The molecule has 3 aromatic rings. The molecule has 4 aliphatic rings. The molecule has 178 valence electrons. The van der Waals surface area contributed by atoms with E-state index in [2.05, 4.69) is 24.3 Å². The van der Waals surface area contributed by atoms with Crippen LogP contribution in [-0.4, -0.2) is 32.3 Å². The van der Waals surface area contributed by atoms with E-state index in [1.165, 1.54) is 4.90 Å². The summed E-state index contributed by atoms with van der Waals surface area (Å²) in [5, 5.41) is 0. The zero-order chi connectivity index (χ0) is 24.6. The topological polar surface area (TPSA) is 55.8 Å². The first-order valence-corrected chi connectivity index (χ1v) is 12.1. The van der Waals surface area contributed by atoms with Gasteiger partial charge in [0.15, 0.2) is 6.29 Å². The number of rotatable bonds is 4. The summed E-state index contributed by atoms with van der Waals surface area (Å²) in [6.45, 7) is 5.97. The SMILES string of the molecule is COC(OC)C12c3ccccc3C(c3ccccc31)[C@@H]1C(=O)N(c3c(C)cc(C)cc3C)C(=O)[C@H]12. The Labute approximate surface area is 205 Å². The van der Waals surface area contributed by atoms with Crippen molar-refractivity contribution >= 4 is 17.5 Å². The molecule has 2 atom stereocenters. The first-order valence-electron chi connectivity index (χ1n) is 12.1. The van der Waals surface area contributed by atoms with Crippen molar-refractivity contribution in [3.8, 4) is 0 Å². The average Bonchev–Trinajstić information content (AvgIpc) is 3.11. The van der Waals surface area contributed by atoms with Crippen molar-refractivity contribution in [1.29, 1.82) is 0 Å². The monoisotopic (exact) mass is 467 g/mol. The van der Waals surface area contributed by atoms with Gasteiger partial charge >= 0.3 is 0 Å². The number of methoxy groups -OCH3 is 2. The van der Waals surface area contributed by atoms with Crippen LogP contribution in [0.5, 0.6) is 0 Å². The molecule has 1 fully saturated rings. The molecular formula is C30H29NO4. The van der Waals surface area contributed by atoms with Crippen LogP contribution in [0, 0.1) is 32.6 Å². The Morgan fingerprint density at radius 3 is 1.83 bits per heavy atom. The maximum Gasteiger partial charge on any atom is 0.239 e. The van der Waals surface area contributed by atoms with Crippen molar-refractivity contribution in [3.05, 3.63) is 99.6 Å². The summed E-state index contributed by atoms with van der Waals surface area (Å²) in [4.78, 5) is 30.3. The lowest BCUT2D eigenvalue weighted by Gasteiger charge is -2.56. The number of ether oxygens (including phenoxy) is 2. The predicted octanol–water partition coefficient (Wildman–Crippen LogP) is 4.78. The van der Waals surface area contributed by atoms with Crippen molar-refractivity contribution in [2.45, 2.75) is 38.4 Å².